The summed E-state index contributed by atoms with van der Waals surface area (Å²) in [5, 5.41) is 3.45. The van der Waals surface area contributed by atoms with E-state index in [-0.39, 0.29) is 24.0 Å². The zero-order valence-corrected chi connectivity index (χ0v) is 22.0. The number of aromatic nitrogens is 1. The number of nitrogens with one attached hydrogen (secondary N) is 1. The Hall–Kier alpha value is -2.11. The fraction of sp³-hybridized carbons (Fsp3) is 0.500. The fourth-order valence-electron chi connectivity index (χ4n) is 3.57. The monoisotopic (exact) mass is 570 g/mol. The van der Waals surface area contributed by atoms with Gasteiger partial charge in [0.05, 0.1) is 26.4 Å². The Kier molecular flexibility index (Phi) is 12.3. The molecule has 8 nitrogen and oxygen atoms in total. The first-order valence-electron chi connectivity index (χ1n) is 11.1. The highest BCUT2D eigenvalue weighted by Crippen LogP contribution is 2.23. The predicted octanol–water partition coefficient (Wildman–Crippen LogP) is 3.95. The van der Waals surface area contributed by atoms with E-state index in [1.54, 1.807) is 13.3 Å². The average molecular weight is 570 g/mol. The summed E-state index contributed by atoms with van der Waals surface area (Å²) >= 11 is 0. The van der Waals surface area contributed by atoms with Crippen molar-refractivity contribution in [3.8, 4) is 17.4 Å². The average Bonchev–Trinajstić information content (AvgIpc) is 3.28. The summed E-state index contributed by atoms with van der Waals surface area (Å²) in [4.78, 5) is 11.1. The lowest BCUT2D eigenvalue weighted by atomic mass is 10.1. The molecule has 182 valence electrons. The van der Waals surface area contributed by atoms with E-state index in [1.807, 2.05) is 50.4 Å². The lowest BCUT2D eigenvalue weighted by Crippen LogP contribution is -2.39. The number of halogens is 1. The normalized spacial score (nSPS) is 15.8. The minimum atomic E-state index is 0. The van der Waals surface area contributed by atoms with Crippen molar-refractivity contribution >= 4 is 29.9 Å². The molecule has 1 N–H and O–H groups in total. The number of methoxy groups -OCH3 is 1. The molecule has 1 unspecified atom stereocenters. The summed E-state index contributed by atoms with van der Waals surface area (Å²) in [7, 11) is 3.51. The predicted molar refractivity (Wildman–Crippen MR) is 140 cm³/mol. The lowest BCUT2D eigenvalue weighted by Gasteiger charge is -2.22. The molecule has 1 aliphatic rings. The van der Waals surface area contributed by atoms with Gasteiger partial charge in [0.2, 0.25) is 5.88 Å². The van der Waals surface area contributed by atoms with Crippen LogP contribution in [0, 0.1) is 5.92 Å². The van der Waals surface area contributed by atoms with E-state index in [2.05, 4.69) is 20.2 Å². The van der Waals surface area contributed by atoms with Crippen LogP contribution in [-0.2, 0) is 16.0 Å². The molecule has 0 saturated carbocycles. The van der Waals surface area contributed by atoms with Gasteiger partial charge >= 0.3 is 0 Å². The molecule has 1 aromatic carbocycles. The van der Waals surface area contributed by atoms with Crippen LogP contribution in [0.3, 0.4) is 0 Å². The van der Waals surface area contributed by atoms with E-state index in [0.717, 1.165) is 49.1 Å². The van der Waals surface area contributed by atoms with Gasteiger partial charge in [-0.3, -0.25) is 4.99 Å². The summed E-state index contributed by atoms with van der Waals surface area (Å²) in [5.74, 6) is 3.51. The third kappa shape index (κ3) is 8.98. The summed E-state index contributed by atoms with van der Waals surface area (Å²) in [5.41, 5.74) is 1.07. The number of guanidine groups is 1. The second kappa shape index (κ2) is 14.9. The van der Waals surface area contributed by atoms with Crippen LogP contribution in [0.5, 0.6) is 17.4 Å². The van der Waals surface area contributed by atoms with Crippen molar-refractivity contribution in [2.45, 2.75) is 19.9 Å². The van der Waals surface area contributed by atoms with Crippen LogP contribution in [0.25, 0.3) is 0 Å². The molecule has 1 aliphatic heterocycles. The number of hydrogen-bond donors (Lipinski definition) is 1. The molecular formula is C24H35IN4O4. The number of ether oxygens (including phenoxy) is 4. The van der Waals surface area contributed by atoms with Gasteiger partial charge in [0.1, 0.15) is 11.5 Å². The van der Waals surface area contributed by atoms with Crippen LogP contribution in [0.2, 0.25) is 0 Å². The summed E-state index contributed by atoms with van der Waals surface area (Å²) in [6.07, 6.45) is 2.86. The van der Waals surface area contributed by atoms with Crippen molar-refractivity contribution < 1.29 is 18.9 Å². The van der Waals surface area contributed by atoms with Gasteiger partial charge in [-0.1, -0.05) is 0 Å². The molecule has 2 aromatic rings. The zero-order valence-electron chi connectivity index (χ0n) is 19.7. The summed E-state index contributed by atoms with van der Waals surface area (Å²) < 4.78 is 22.1. The molecule has 0 radical (unpaired) electrons. The highest BCUT2D eigenvalue weighted by Gasteiger charge is 2.24. The Morgan fingerprint density at radius 2 is 1.97 bits per heavy atom. The van der Waals surface area contributed by atoms with Crippen LogP contribution < -0.4 is 14.8 Å². The van der Waals surface area contributed by atoms with Gasteiger partial charge in [0, 0.05) is 52.0 Å². The standard InChI is InChI=1S/C24H34N4O4.HI/c1-4-31-21-5-7-22(8-6-21)32-23-15-19(9-11-26-23)16-27-24(25-2)28-12-10-20(17-28)18-30-14-13-29-3;/h5-9,11,15,20H,4,10,12-14,16-18H2,1-3H3,(H,25,27);1H. The van der Waals surface area contributed by atoms with Gasteiger partial charge in [0.25, 0.3) is 0 Å². The van der Waals surface area contributed by atoms with Crippen LogP contribution in [0.4, 0.5) is 0 Å². The number of pyridine rings is 1. The molecule has 1 atom stereocenters. The number of hydrogen-bond acceptors (Lipinski definition) is 6. The van der Waals surface area contributed by atoms with E-state index >= 15 is 0 Å². The molecule has 0 aliphatic carbocycles. The highest BCUT2D eigenvalue weighted by atomic mass is 127. The molecule has 1 saturated heterocycles. The Morgan fingerprint density at radius 3 is 2.70 bits per heavy atom. The Labute approximate surface area is 213 Å². The van der Waals surface area contributed by atoms with E-state index in [9.17, 15) is 0 Å². The molecular weight excluding hydrogens is 535 g/mol. The van der Waals surface area contributed by atoms with Crippen molar-refractivity contribution in [1.82, 2.24) is 15.2 Å². The minimum Gasteiger partial charge on any atom is -0.494 e. The Balaban J connectivity index is 0.00000385. The van der Waals surface area contributed by atoms with Gasteiger partial charge < -0.3 is 29.2 Å². The Morgan fingerprint density at radius 1 is 1.18 bits per heavy atom. The van der Waals surface area contributed by atoms with Gasteiger partial charge in [-0.25, -0.2) is 4.98 Å². The van der Waals surface area contributed by atoms with Crippen molar-refractivity contribution in [2.24, 2.45) is 10.9 Å². The summed E-state index contributed by atoms with van der Waals surface area (Å²) in [6.45, 7) is 7.19. The number of nitrogens with zero attached hydrogens (tertiary/aromatic N) is 3. The third-order valence-electron chi connectivity index (χ3n) is 5.19. The molecule has 1 aromatic heterocycles. The largest absolute Gasteiger partial charge is 0.494 e. The molecule has 3 rings (SSSR count). The maximum atomic E-state index is 5.90. The number of likely N-dealkylation sites (tertiary alicyclic amines) is 1. The van der Waals surface area contributed by atoms with E-state index in [0.29, 0.717) is 38.2 Å². The van der Waals surface area contributed by atoms with Crippen molar-refractivity contribution in [3.63, 3.8) is 0 Å². The smallest absolute Gasteiger partial charge is 0.219 e. The van der Waals surface area contributed by atoms with E-state index < -0.39 is 0 Å². The number of benzene rings is 1. The molecule has 0 amide bonds. The molecule has 2 heterocycles. The molecule has 0 bridgehead atoms. The van der Waals surface area contributed by atoms with Crippen molar-refractivity contribution in [2.75, 3.05) is 53.7 Å². The van der Waals surface area contributed by atoms with Crippen LogP contribution in [0.15, 0.2) is 47.6 Å². The van der Waals surface area contributed by atoms with E-state index in [4.69, 9.17) is 18.9 Å². The Bertz CT molecular complexity index is 851. The van der Waals surface area contributed by atoms with Crippen LogP contribution in [-0.4, -0.2) is 69.5 Å². The number of aliphatic imine (C=N–C) groups is 1. The first-order chi connectivity index (χ1) is 15.7. The molecule has 1 fully saturated rings. The molecule has 0 spiro atoms. The third-order valence-corrected chi connectivity index (χ3v) is 5.19. The van der Waals surface area contributed by atoms with Gasteiger partial charge in [0.15, 0.2) is 5.96 Å². The van der Waals surface area contributed by atoms with Crippen molar-refractivity contribution in [1.29, 1.82) is 0 Å². The quantitative estimate of drug-likeness (QED) is 0.190. The molecule has 33 heavy (non-hydrogen) atoms. The summed E-state index contributed by atoms with van der Waals surface area (Å²) in [6, 6.07) is 11.4. The van der Waals surface area contributed by atoms with E-state index in [1.165, 1.54) is 0 Å². The maximum Gasteiger partial charge on any atom is 0.219 e. The fourth-order valence-corrected chi connectivity index (χ4v) is 3.57. The lowest BCUT2D eigenvalue weighted by molar-refractivity contribution is 0.0536. The topological polar surface area (TPSA) is 77.4 Å². The van der Waals surface area contributed by atoms with Gasteiger partial charge in [-0.05, 0) is 49.2 Å². The first-order valence-corrected chi connectivity index (χ1v) is 11.1. The second-order valence-electron chi connectivity index (χ2n) is 7.58. The second-order valence-corrected chi connectivity index (χ2v) is 7.58. The van der Waals surface area contributed by atoms with Crippen LogP contribution in [0.1, 0.15) is 18.9 Å². The van der Waals surface area contributed by atoms with Gasteiger partial charge in [-0.15, -0.1) is 24.0 Å². The van der Waals surface area contributed by atoms with Crippen molar-refractivity contribution in [3.05, 3.63) is 48.2 Å². The number of rotatable bonds is 11. The minimum absolute atomic E-state index is 0. The van der Waals surface area contributed by atoms with Crippen LogP contribution >= 0.6 is 24.0 Å². The molecule has 9 heteroatoms. The van der Waals surface area contributed by atoms with Gasteiger partial charge in [-0.2, -0.15) is 0 Å². The zero-order chi connectivity index (χ0) is 22.6. The highest BCUT2D eigenvalue weighted by molar-refractivity contribution is 14.0. The maximum absolute atomic E-state index is 5.90. The SMILES string of the molecule is CCOc1ccc(Oc2cc(CNC(=NC)N3CCC(COCCOC)C3)ccn2)cc1.I. The first kappa shape index (κ1) is 27.1.